The molecule has 0 radical (unpaired) electrons. The van der Waals surface area contributed by atoms with Gasteiger partial charge in [-0.15, -0.1) is 5.10 Å². The van der Waals surface area contributed by atoms with Gasteiger partial charge in [0.15, 0.2) is 5.76 Å². The van der Waals surface area contributed by atoms with E-state index < -0.39 is 6.67 Å². The number of aromatic nitrogens is 4. The molecule has 2 N–H and O–H groups in total. The Morgan fingerprint density at radius 2 is 2.04 bits per heavy atom. The lowest BCUT2D eigenvalue weighted by Crippen LogP contribution is -2.02. The lowest BCUT2D eigenvalue weighted by molar-refractivity contribution is 0.481. The summed E-state index contributed by atoms with van der Waals surface area (Å²) < 4.78 is 19.2. The second-order valence-corrected chi connectivity index (χ2v) is 7.30. The Balaban J connectivity index is 1.57. The maximum atomic E-state index is 13.4. The van der Waals surface area contributed by atoms with Crippen molar-refractivity contribution in [3.05, 3.63) is 58.1 Å². The molecule has 144 valence electrons. The summed E-state index contributed by atoms with van der Waals surface area (Å²) in [7, 11) is 0. The molecule has 0 bridgehead atoms. The Morgan fingerprint density at radius 3 is 2.75 bits per heavy atom. The zero-order chi connectivity index (χ0) is 19.7. The molecule has 4 aromatic rings. The average Bonchev–Trinajstić information content (AvgIpc) is 3.35. The maximum Gasteiger partial charge on any atom is 0.215 e. The van der Waals surface area contributed by atoms with Gasteiger partial charge in [0.25, 0.3) is 0 Å². The first kappa shape index (κ1) is 18.4. The first-order valence-electron chi connectivity index (χ1n) is 8.94. The minimum absolute atomic E-state index is 0.282. The van der Waals surface area contributed by atoms with Gasteiger partial charge >= 0.3 is 0 Å². The van der Waals surface area contributed by atoms with E-state index in [0.717, 1.165) is 22.2 Å². The van der Waals surface area contributed by atoms with E-state index in [9.17, 15) is 4.39 Å². The summed E-state index contributed by atoms with van der Waals surface area (Å²) in [5.41, 5.74) is 4.14. The van der Waals surface area contributed by atoms with Crippen molar-refractivity contribution in [2.45, 2.75) is 33.0 Å². The highest BCUT2D eigenvalue weighted by Crippen LogP contribution is 2.31. The van der Waals surface area contributed by atoms with Crippen LogP contribution in [0.2, 0.25) is 5.02 Å². The van der Waals surface area contributed by atoms with Crippen LogP contribution in [0.5, 0.6) is 0 Å². The molecule has 0 fully saturated rings. The predicted molar refractivity (Wildman–Crippen MR) is 107 cm³/mol. The van der Waals surface area contributed by atoms with Crippen LogP contribution in [0.15, 0.2) is 40.8 Å². The van der Waals surface area contributed by atoms with Crippen molar-refractivity contribution >= 4 is 28.3 Å². The van der Waals surface area contributed by atoms with Crippen LogP contribution in [0.4, 0.5) is 10.1 Å². The van der Waals surface area contributed by atoms with Gasteiger partial charge in [0.2, 0.25) is 5.82 Å². The number of benzene rings is 2. The Morgan fingerprint density at radius 1 is 1.18 bits per heavy atom. The molecule has 0 spiro atoms. The van der Waals surface area contributed by atoms with Gasteiger partial charge < -0.3 is 9.73 Å². The second kappa shape index (κ2) is 7.59. The molecule has 2 aromatic carbocycles. The van der Waals surface area contributed by atoms with Gasteiger partial charge in [-0.1, -0.05) is 31.5 Å². The molecule has 0 aliphatic rings. The predicted octanol–water partition coefficient (Wildman–Crippen LogP) is 5.47. The van der Waals surface area contributed by atoms with Gasteiger partial charge in [-0.3, -0.25) is 0 Å². The number of rotatable bonds is 6. The minimum atomic E-state index is -0.485. The summed E-state index contributed by atoms with van der Waals surface area (Å²) in [4.78, 5) is 0. The van der Waals surface area contributed by atoms with Gasteiger partial charge in [-0.05, 0) is 63.4 Å². The van der Waals surface area contributed by atoms with Crippen molar-refractivity contribution in [3.8, 4) is 11.6 Å². The molecule has 8 heteroatoms. The van der Waals surface area contributed by atoms with E-state index >= 15 is 0 Å². The van der Waals surface area contributed by atoms with E-state index in [1.165, 1.54) is 0 Å². The smallest absolute Gasteiger partial charge is 0.215 e. The van der Waals surface area contributed by atoms with E-state index in [4.69, 9.17) is 16.0 Å². The normalized spacial score (nSPS) is 11.5. The number of nitrogens with one attached hydrogen (secondary N) is 2. The summed E-state index contributed by atoms with van der Waals surface area (Å²) >= 11 is 6.44. The van der Waals surface area contributed by atoms with Crippen molar-refractivity contribution < 1.29 is 8.81 Å². The number of alkyl halides is 1. The number of furan rings is 1. The summed E-state index contributed by atoms with van der Waals surface area (Å²) in [5.74, 6) is 1.28. The molecule has 4 rings (SSSR count). The zero-order valence-electron chi connectivity index (χ0n) is 15.5. The van der Waals surface area contributed by atoms with Crippen LogP contribution in [0, 0.1) is 0 Å². The zero-order valence-corrected chi connectivity index (χ0v) is 16.2. The van der Waals surface area contributed by atoms with Crippen LogP contribution in [-0.2, 0) is 13.2 Å². The molecular weight excluding hydrogens is 381 g/mol. The molecule has 0 amide bonds. The number of halogens is 2. The van der Waals surface area contributed by atoms with Crippen molar-refractivity contribution in [1.82, 2.24) is 20.6 Å². The van der Waals surface area contributed by atoms with Crippen molar-refractivity contribution in [3.63, 3.8) is 0 Å². The standard InChI is InChI=1S/C20H19ClFN5O/c1-11(2)16-4-3-15(5-13(16)9-22)23-10-14-8-18-12(6-17(14)21)7-19(28-18)20-24-26-27-25-20/h3-8,11,23H,9-10H2,1-2H3,(H,24,25,26,27). The van der Waals surface area contributed by atoms with Crippen LogP contribution in [0.25, 0.3) is 22.6 Å². The Labute approximate surface area is 166 Å². The monoisotopic (exact) mass is 399 g/mol. The quantitative estimate of drug-likeness (QED) is 0.449. The second-order valence-electron chi connectivity index (χ2n) is 6.90. The molecule has 0 aliphatic heterocycles. The van der Waals surface area contributed by atoms with Crippen LogP contribution in [0.3, 0.4) is 0 Å². The largest absolute Gasteiger partial charge is 0.453 e. The number of nitrogens with zero attached hydrogens (tertiary/aromatic N) is 3. The van der Waals surface area contributed by atoms with Crippen LogP contribution in [0.1, 0.15) is 36.5 Å². The first-order chi connectivity index (χ1) is 13.5. The molecule has 6 nitrogen and oxygen atoms in total. The molecule has 28 heavy (non-hydrogen) atoms. The molecule has 2 heterocycles. The van der Waals surface area contributed by atoms with Crippen molar-refractivity contribution in [2.75, 3.05) is 5.32 Å². The summed E-state index contributed by atoms with van der Waals surface area (Å²) in [5, 5.41) is 18.4. The number of fused-ring (bicyclic) bond motifs is 1. The highest BCUT2D eigenvalue weighted by molar-refractivity contribution is 6.32. The minimum Gasteiger partial charge on any atom is -0.453 e. The van der Waals surface area contributed by atoms with Crippen molar-refractivity contribution in [2.24, 2.45) is 0 Å². The third-order valence-electron chi connectivity index (χ3n) is 4.66. The van der Waals surface area contributed by atoms with Gasteiger partial charge in [0, 0.05) is 22.6 Å². The Hall–Kier alpha value is -2.93. The number of hydrogen-bond donors (Lipinski definition) is 2. The van der Waals surface area contributed by atoms with Gasteiger partial charge in [-0.2, -0.15) is 0 Å². The summed E-state index contributed by atoms with van der Waals surface area (Å²) in [6.45, 7) is 4.12. The van der Waals surface area contributed by atoms with Crippen LogP contribution in [-0.4, -0.2) is 20.6 Å². The number of anilines is 1. The van der Waals surface area contributed by atoms with Crippen LogP contribution < -0.4 is 5.32 Å². The Kier molecular flexibility index (Phi) is 5.00. The van der Waals surface area contributed by atoms with E-state index in [2.05, 4.69) is 39.8 Å². The Bertz CT molecular complexity index is 1110. The number of aromatic amines is 1. The molecule has 0 saturated carbocycles. The van der Waals surface area contributed by atoms with E-state index in [0.29, 0.717) is 34.3 Å². The average molecular weight is 400 g/mol. The third-order valence-corrected chi connectivity index (χ3v) is 5.01. The molecule has 0 unspecified atom stereocenters. The SMILES string of the molecule is CC(C)c1ccc(NCc2cc3oc(-c4nnn[nH]4)cc3cc2Cl)cc1CF. The summed E-state index contributed by atoms with van der Waals surface area (Å²) in [6, 6.07) is 11.3. The number of tetrazole rings is 1. The molecule has 2 aromatic heterocycles. The summed E-state index contributed by atoms with van der Waals surface area (Å²) in [6.07, 6.45) is 0. The highest BCUT2D eigenvalue weighted by atomic mass is 35.5. The topological polar surface area (TPSA) is 79.6 Å². The van der Waals surface area contributed by atoms with Gasteiger partial charge in [-0.25, -0.2) is 9.49 Å². The van der Waals surface area contributed by atoms with Gasteiger partial charge in [0.1, 0.15) is 12.3 Å². The highest BCUT2D eigenvalue weighted by Gasteiger charge is 2.13. The third kappa shape index (κ3) is 3.57. The van der Waals surface area contributed by atoms with Crippen LogP contribution >= 0.6 is 11.6 Å². The van der Waals surface area contributed by atoms with E-state index in [1.54, 1.807) is 0 Å². The molecule has 0 aliphatic carbocycles. The van der Waals surface area contributed by atoms with E-state index in [1.807, 2.05) is 36.4 Å². The van der Waals surface area contributed by atoms with Gasteiger partial charge in [0.05, 0.1) is 0 Å². The molecule has 0 atom stereocenters. The number of hydrogen-bond acceptors (Lipinski definition) is 5. The fourth-order valence-corrected chi connectivity index (χ4v) is 3.45. The van der Waals surface area contributed by atoms with Crippen molar-refractivity contribution in [1.29, 1.82) is 0 Å². The fourth-order valence-electron chi connectivity index (χ4n) is 3.21. The maximum absolute atomic E-state index is 13.4. The molecule has 0 saturated heterocycles. The lowest BCUT2D eigenvalue weighted by atomic mass is 9.97. The first-order valence-corrected chi connectivity index (χ1v) is 9.31. The fraction of sp³-hybridized carbons (Fsp3) is 0.250. The number of H-pyrrole nitrogens is 1. The molecular formula is C20H19ClFN5O. The lowest BCUT2D eigenvalue weighted by Gasteiger charge is -2.14. The van der Waals surface area contributed by atoms with E-state index in [-0.39, 0.29) is 5.92 Å².